The molecule has 1 fully saturated rings. The molecule has 1 aliphatic rings. The van der Waals surface area contributed by atoms with E-state index in [1.54, 1.807) is 6.33 Å². The van der Waals surface area contributed by atoms with Crippen molar-refractivity contribution in [3.05, 3.63) is 24.5 Å². The smallest absolute Gasteiger partial charge is 0.316 e. The van der Waals surface area contributed by atoms with E-state index in [9.17, 15) is 9.90 Å². The van der Waals surface area contributed by atoms with Crippen molar-refractivity contribution in [2.45, 2.75) is 0 Å². The molecular formula is C13H15N3O3. The number of aryl methyl sites for hydroxylation is 1. The van der Waals surface area contributed by atoms with E-state index in [1.807, 2.05) is 29.8 Å². The molecule has 2 heterocycles. The van der Waals surface area contributed by atoms with Crippen LogP contribution in [0.3, 0.4) is 0 Å². The Labute approximate surface area is 110 Å². The van der Waals surface area contributed by atoms with Gasteiger partial charge in [0.25, 0.3) is 0 Å². The predicted octanol–water partition coefficient (Wildman–Crippen LogP) is 1.09. The molecule has 0 amide bonds. The van der Waals surface area contributed by atoms with Gasteiger partial charge in [-0.2, -0.15) is 0 Å². The summed E-state index contributed by atoms with van der Waals surface area (Å²) in [7, 11) is 1.94. The standard InChI is InChI=1S/C13H15N3O3/c1-16-8-15-10-4-9(2-3-11(10)16)14-5-13(12(17)18)6-19-7-13/h2-4,8,14H,5-7H2,1H3,(H,17,18). The molecule has 0 atom stereocenters. The van der Waals surface area contributed by atoms with Crippen LogP contribution in [0.1, 0.15) is 0 Å². The summed E-state index contributed by atoms with van der Waals surface area (Å²) in [5.41, 5.74) is 2.02. The molecule has 6 nitrogen and oxygen atoms in total. The molecule has 0 bridgehead atoms. The Morgan fingerprint density at radius 3 is 3.00 bits per heavy atom. The Bertz CT molecular complexity index is 631. The van der Waals surface area contributed by atoms with Gasteiger partial charge in [0.05, 0.1) is 30.6 Å². The largest absolute Gasteiger partial charge is 0.481 e. The van der Waals surface area contributed by atoms with Gasteiger partial charge < -0.3 is 19.7 Å². The summed E-state index contributed by atoms with van der Waals surface area (Å²) in [4.78, 5) is 15.5. The molecule has 6 heteroatoms. The summed E-state index contributed by atoms with van der Waals surface area (Å²) in [6.07, 6.45) is 1.76. The number of imidazole rings is 1. The Kier molecular flexibility index (Phi) is 2.67. The number of ether oxygens (including phenoxy) is 1. The normalized spacial score (nSPS) is 17.1. The fourth-order valence-electron chi connectivity index (χ4n) is 2.17. The first kappa shape index (κ1) is 12.0. The van der Waals surface area contributed by atoms with Crippen molar-refractivity contribution in [2.24, 2.45) is 12.5 Å². The second-order valence-electron chi connectivity index (χ2n) is 4.99. The monoisotopic (exact) mass is 261 g/mol. The molecule has 100 valence electrons. The highest BCUT2D eigenvalue weighted by Crippen LogP contribution is 2.28. The van der Waals surface area contributed by atoms with Gasteiger partial charge in [0, 0.05) is 19.3 Å². The topological polar surface area (TPSA) is 76.4 Å². The summed E-state index contributed by atoms with van der Waals surface area (Å²) >= 11 is 0. The molecule has 0 unspecified atom stereocenters. The van der Waals surface area contributed by atoms with Crippen LogP contribution in [0.4, 0.5) is 5.69 Å². The molecule has 2 aromatic rings. The molecule has 0 aliphatic carbocycles. The molecular weight excluding hydrogens is 246 g/mol. The van der Waals surface area contributed by atoms with E-state index in [0.29, 0.717) is 6.54 Å². The zero-order chi connectivity index (χ0) is 13.5. The minimum absolute atomic E-state index is 0.265. The van der Waals surface area contributed by atoms with Crippen LogP contribution in [0.15, 0.2) is 24.5 Å². The van der Waals surface area contributed by atoms with Gasteiger partial charge in [0.15, 0.2) is 0 Å². The fourth-order valence-corrected chi connectivity index (χ4v) is 2.17. The Balaban J connectivity index is 1.76. The van der Waals surface area contributed by atoms with Gasteiger partial charge in [-0.3, -0.25) is 4.79 Å². The van der Waals surface area contributed by atoms with Crippen LogP contribution in [0.25, 0.3) is 11.0 Å². The lowest BCUT2D eigenvalue weighted by Crippen LogP contribution is -2.53. The van der Waals surface area contributed by atoms with E-state index in [4.69, 9.17) is 4.74 Å². The summed E-state index contributed by atoms with van der Waals surface area (Å²) in [5.74, 6) is -0.815. The number of nitrogens with one attached hydrogen (secondary N) is 1. The molecule has 3 rings (SSSR count). The van der Waals surface area contributed by atoms with E-state index in [-0.39, 0.29) is 13.2 Å². The van der Waals surface area contributed by atoms with Gasteiger partial charge in [-0.05, 0) is 18.2 Å². The van der Waals surface area contributed by atoms with Crippen LogP contribution >= 0.6 is 0 Å². The van der Waals surface area contributed by atoms with E-state index in [0.717, 1.165) is 16.7 Å². The molecule has 1 aromatic carbocycles. The number of carboxylic acid groups (broad SMARTS) is 1. The number of hydrogen-bond donors (Lipinski definition) is 2. The lowest BCUT2D eigenvalue weighted by molar-refractivity contribution is -0.176. The number of nitrogens with zero attached hydrogens (tertiary/aromatic N) is 2. The van der Waals surface area contributed by atoms with Crippen molar-refractivity contribution >= 4 is 22.7 Å². The first-order valence-corrected chi connectivity index (χ1v) is 6.07. The van der Waals surface area contributed by atoms with Crippen LogP contribution in [0, 0.1) is 5.41 Å². The van der Waals surface area contributed by atoms with Crippen LogP contribution in [0.5, 0.6) is 0 Å². The number of fused-ring (bicyclic) bond motifs is 1. The number of anilines is 1. The minimum atomic E-state index is -0.815. The number of rotatable bonds is 4. The summed E-state index contributed by atoms with van der Waals surface area (Å²) in [5, 5.41) is 12.4. The number of aromatic nitrogens is 2. The van der Waals surface area contributed by atoms with E-state index >= 15 is 0 Å². The van der Waals surface area contributed by atoms with Gasteiger partial charge in [-0.15, -0.1) is 0 Å². The molecule has 1 saturated heterocycles. The van der Waals surface area contributed by atoms with Gasteiger partial charge in [0.2, 0.25) is 0 Å². The number of hydrogen-bond acceptors (Lipinski definition) is 4. The molecule has 19 heavy (non-hydrogen) atoms. The first-order chi connectivity index (χ1) is 9.11. The first-order valence-electron chi connectivity index (χ1n) is 6.07. The van der Waals surface area contributed by atoms with Crippen molar-refractivity contribution in [1.29, 1.82) is 0 Å². The van der Waals surface area contributed by atoms with Gasteiger partial charge in [-0.1, -0.05) is 0 Å². The second kappa shape index (κ2) is 4.24. The quantitative estimate of drug-likeness (QED) is 0.861. The molecule has 0 saturated carbocycles. The predicted molar refractivity (Wildman–Crippen MR) is 70.1 cm³/mol. The van der Waals surface area contributed by atoms with Gasteiger partial charge in [-0.25, -0.2) is 4.98 Å². The van der Waals surface area contributed by atoms with E-state index < -0.39 is 11.4 Å². The lowest BCUT2D eigenvalue weighted by Gasteiger charge is -2.37. The molecule has 2 N–H and O–H groups in total. The molecule has 1 aliphatic heterocycles. The van der Waals surface area contributed by atoms with Crippen molar-refractivity contribution in [3.63, 3.8) is 0 Å². The number of benzene rings is 1. The third-order valence-corrected chi connectivity index (χ3v) is 3.57. The fraction of sp³-hybridized carbons (Fsp3) is 0.385. The Morgan fingerprint density at radius 2 is 2.37 bits per heavy atom. The Morgan fingerprint density at radius 1 is 1.58 bits per heavy atom. The van der Waals surface area contributed by atoms with Crippen LogP contribution in [-0.2, 0) is 16.6 Å². The summed E-state index contributed by atoms with van der Waals surface area (Å²) in [6, 6.07) is 5.82. The average molecular weight is 261 g/mol. The number of carbonyl (C=O) groups is 1. The number of aliphatic carboxylic acids is 1. The van der Waals surface area contributed by atoms with E-state index in [2.05, 4.69) is 10.3 Å². The maximum absolute atomic E-state index is 11.2. The average Bonchev–Trinajstić information content (AvgIpc) is 2.69. The number of carboxylic acids is 1. The zero-order valence-electron chi connectivity index (χ0n) is 10.6. The van der Waals surface area contributed by atoms with Gasteiger partial charge >= 0.3 is 5.97 Å². The SMILES string of the molecule is Cn1cnc2cc(NCC3(C(=O)O)COC3)ccc21. The van der Waals surface area contributed by atoms with Crippen molar-refractivity contribution in [1.82, 2.24) is 9.55 Å². The highest BCUT2D eigenvalue weighted by Gasteiger charge is 2.46. The van der Waals surface area contributed by atoms with Crippen molar-refractivity contribution in [3.8, 4) is 0 Å². The maximum Gasteiger partial charge on any atom is 0.316 e. The lowest BCUT2D eigenvalue weighted by atomic mass is 9.86. The van der Waals surface area contributed by atoms with Crippen LogP contribution in [-0.4, -0.2) is 40.4 Å². The minimum Gasteiger partial charge on any atom is -0.481 e. The van der Waals surface area contributed by atoms with Crippen LogP contribution < -0.4 is 5.32 Å². The molecule has 0 spiro atoms. The maximum atomic E-state index is 11.2. The van der Waals surface area contributed by atoms with Crippen molar-refractivity contribution < 1.29 is 14.6 Å². The molecule has 0 radical (unpaired) electrons. The van der Waals surface area contributed by atoms with Crippen molar-refractivity contribution in [2.75, 3.05) is 25.1 Å². The molecule has 1 aromatic heterocycles. The highest BCUT2D eigenvalue weighted by atomic mass is 16.5. The Hall–Kier alpha value is -2.08. The second-order valence-corrected chi connectivity index (χ2v) is 4.99. The zero-order valence-corrected chi connectivity index (χ0v) is 10.6. The van der Waals surface area contributed by atoms with E-state index in [1.165, 1.54) is 0 Å². The van der Waals surface area contributed by atoms with Crippen LogP contribution in [0.2, 0.25) is 0 Å². The third kappa shape index (κ3) is 1.94. The third-order valence-electron chi connectivity index (χ3n) is 3.57. The van der Waals surface area contributed by atoms with Gasteiger partial charge in [0.1, 0.15) is 5.41 Å². The highest BCUT2D eigenvalue weighted by molar-refractivity contribution is 5.80. The summed E-state index contributed by atoms with van der Waals surface area (Å²) < 4.78 is 6.97. The summed E-state index contributed by atoms with van der Waals surface area (Å²) in [6.45, 7) is 0.892.